The first-order chi connectivity index (χ1) is 14.8. The molecule has 2 aromatic carbocycles. The number of rotatable bonds is 2. The molecular weight excluding hydrogens is 456 g/mol. The van der Waals surface area contributed by atoms with Crippen molar-refractivity contribution in [1.82, 2.24) is 4.98 Å². The van der Waals surface area contributed by atoms with Gasteiger partial charge in [0.2, 0.25) is 5.76 Å². The maximum absolute atomic E-state index is 13.7. The van der Waals surface area contributed by atoms with Crippen molar-refractivity contribution in [3.63, 3.8) is 0 Å². The standard InChI is InChI=1S/C25H19BrN2O3/c1-13-7-8-27-20(9-13)28-22(16-5-4-6-17(26)12-16)21-23(29)18-10-14(2)15(3)11-19(18)31-24(21)25(28)30/h4-12,22H,1-3H3/t22-/m1/s1. The molecule has 0 unspecified atom stereocenters. The summed E-state index contributed by atoms with van der Waals surface area (Å²) in [6, 6.07) is 14.4. The van der Waals surface area contributed by atoms with Gasteiger partial charge in [-0.25, -0.2) is 4.98 Å². The van der Waals surface area contributed by atoms with Crippen LogP contribution in [0.25, 0.3) is 11.0 Å². The van der Waals surface area contributed by atoms with E-state index in [0.717, 1.165) is 26.7 Å². The van der Waals surface area contributed by atoms with Crippen molar-refractivity contribution in [3.05, 3.63) is 103 Å². The van der Waals surface area contributed by atoms with E-state index in [2.05, 4.69) is 20.9 Å². The summed E-state index contributed by atoms with van der Waals surface area (Å²) in [4.78, 5) is 33.2. The van der Waals surface area contributed by atoms with Crippen LogP contribution in [0.5, 0.6) is 0 Å². The molecule has 31 heavy (non-hydrogen) atoms. The SMILES string of the molecule is Cc1ccnc(N2C(=O)c3oc4cc(C)c(C)cc4c(=O)c3[C@H]2c2cccc(Br)c2)c1. The Balaban J connectivity index is 1.85. The smallest absolute Gasteiger partial charge is 0.296 e. The summed E-state index contributed by atoms with van der Waals surface area (Å²) in [5.41, 5.74) is 4.36. The molecule has 0 aliphatic carbocycles. The lowest BCUT2D eigenvalue weighted by Gasteiger charge is -2.24. The van der Waals surface area contributed by atoms with E-state index in [1.54, 1.807) is 11.1 Å². The van der Waals surface area contributed by atoms with Crippen LogP contribution in [0.1, 0.15) is 44.4 Å². The summed E-state index contributed by atoms with van der Waals surface area (Å²) in [6.07, 6.45) is 1.66. The first kappa shape index (κ1) is 19.7. The number of hydrogen-bond donors (Lipinski definition) is 0. The Morgan fingerprint density at radius 1 is 1.00 bits per heavy atom. The maximum atomic E-state index is 13.7. The molecule has 0 radical (unpaired) electrons. The lowest BCUT2D eigenvalue weighted by Crippen LogP contribution is -2.30. The molecule has 1 aliphatic heterocycles. The molecule has 3 heterocycles. The first-order valence-corrected chi connectivity index (χ1v) is 10.7. The van der Waals surface area contributed by atoms with Crippen molar-refractivity contribution in [2.24, 2.45) is 0 Å². The van der Waals surface area contributed by atoms with Crippen LogP contribution in [0.15, 0.2) is 68.4 Å². The second-order valence-electron chi connectivity index (χ2n) is 7.93. The number of aromatic nitrogens is 1. The molecule has 5 nitrogen and oxygen atoms in total. The lowest BCUT2D eigenvalue weighted by atomic mass is 9.97. The van der Waals surface area contributed by atoms with Gasteiger partial charge in [0.05, 0.1) is 17.0 Å². The fourth-order valence-electron chi connectivity index (χ4n) is 4.11. The number of amides is 1. The van der Waals surface area contributed by atoms with Gasteiger partial charge >= 0.3 is 0 Å². The van der Waals surface area contributed by atoms with E-state index in [1.165, 1.54) is 0 Å². The predicted octanol–water partition coefficient (Wildman–Crippen LogP) is 5.63. The molecule has 6 heteroatoms. The number of fused-ring (bicyclic) bond motifs is 2. The largest absolute Gasteiger partial charge is 0.450 e. The van der Waals surface area contributed by atoms with Crippen molar-refractivity contribution in [3.8, 4) is 0 Å². The van der Waals surface area contributed by atoms with E-state index in [0.29, 0.717) is 22.4 Å². The Labute approximate surface area is 187 Å². The van der Waals surface area contributed by atoms with Crippen LogP contribution in [0.2, 0.25) is 0 Å². The van der Waals surface area contributed by atoms with Gasteiger partial charge in [-0.2, -0.15) is 0 Å². The van der Waals surface area contributed by atoms with Crippen molar-refractivity contribution in [2.45, 2.75) is 26.8 Å². The summed E-state index contributed by atoms with van der Waals surface area (Å²) < 4.78 is 6.93. The number of pyridine rings is 1. The van der Waals surface area contributed by atoms with Crippen LogP contribution in [-0.2, 0) is 0 Å². The monoisotopic (exact) mass is 474 g/mol. The van der Waals surface area contributed by atoms with Crippen LogP contribution in [0.3, 0.4) is 0 Å². The zero-order chi connectivity index (χ0) is 21.9. The average molecular weight is 475 g/mol. The Hall–Kier alpha value is -3.25. The van der Waals surface area contributed by atoms with Crippen LogP contribution < -0.4 is 10.3 Å². The Kier molecular flexibility index (Phi) is 4.55. The van der Waals surface area contributed by atoms with Crippen molar-refractivity contribution in [2.75, 3.05) is 4.90 Å². The van der Waals surface area contributed by atoms with Gasteiger partial charge in [0.1, 0.15) is 11.4 Å². The molecule has 0 saturated carbocycles. The molecule has 0 spiro atoms. The summed E-state index contributed by atoms with van der Waals surface area (Å²) >= 11 is 3.51. The van der Waals surface area contributed by atoms with Gasteiger partial charge in [-0.1, -0.05) is 28.1 Å². The Morgan fingerprint density at radius 3 is 2.52 bits per heavy atom. The van der Waals surface area contributed by atoms with Gasteiger partial charge in [0, 0.05) is 10.7 Å². The summed E-state index contributed by atoms with van der Waals surface area (Å²) in [7, 11) is 0. The van der Waals surface area contributed by atoms with Crippen molar-refractivity contribution in [1.29, 1.82) is 0 Å². The minimum absolute atomic E-state index is 0.0778. The number of hydrogen-bond acceptors (Lipinski definition) is 4. The summed E-state index contributed by atoms with van der Waals surface area (Å²) in [5, 5.41) is 0.480. The molecule has 4 aromatic rings. The van der Waals surface area contributed by atoms with Crippen molar-refractivity contribution < 1.29 is 9.21 Å². The molecule has 0 N–H and O–H groups in total. The highest BCUT2D eigenvalue weighted by molar-refractivity contribution is 9.10. The van der Waals surface area contributed by atoms with Gasteiger partial charge < -0.3 is 4.42 Å². The molecule has 1 atom stereocenters. The number of carbonyl (C=O) groups excluding carboxylic acids is 1. The third kappa shape index (κ3) is 3.10. The van der Waals surface area contributed by atoms with Crippen molar-refractivity contribution >= 4 is 38.6 Å². The number of anilines is 1. The molecule has 0 fully saturated rings. The fourth-order valence-corrected chi connectivity index (χ4v) is 4.53. The van der Waals surface area contributed by atoms with E-state index in [-0.39, 0.29) is 17.1 Å². The molecule has 5 rings (SSSR count). The van der Waals surface area contributed by atoms with E-state index in [4.69, 9.17) is 4.42 Å². The van der Waals surface area contributed by atoms with Gasteiger partial charge in [0.15, 0.2) is 5.43 Å². The lowest BCUT2D eigenvalue weighted by molar-refractivity contribution is 0.0970. The number of benzene rings is 2. The third-order valence-electron chi connectivity index (χ3n) is 5.80. The number of halogens is 1. The second-order valence-corrected chi connectivity index (χ2v) is 8.85. The fraction of sp³-hybridized carbons (Fsp3) is 0.160. The number of carbonyl (C=O) groups is 1. The average Bonchev–Trinajstić information content (AvgIpc) is 3.02. The molecule has 2 aromatic heterocycles. The second kappa shape index (κ2) is 7.17. The Bertz CT molecular complexity index is 1440. The van der Waals surface area contributed by atoms with Crippen LogP contribution >= 0.6 is 15.9 Å². The third-order valence-corrected chi connectivity index (χ3v) is 6.29. The van der Waals surface area contributed by atoms with Gasteiger partial charge in [-0.3, -0.25) is 14.5 Å². The number of aryl methyl sites for hydroxylation is 3. The highest BCUT2D eigenvalue weighted by Gasteiger charge is 2.44. The Morgan fingerprint density at radius 2 is 1.77 bits per heavy atom. The zero-order valence-electron chi connectivity index (χ0n) is 17.3. The molecule has 1 aliphatic rings. The summed E-state index contributed by atoms with van der Waals surface area (Å²) in [6.45, 7) is 5.86. The quantitative estimate of drug-likeness (QED) is 0.377. The minimum atomic E-state index is -0.628. The van der Waals surface area contributed by atoms with E-state index in [1.807, 2.05) is 69.3 Å². The highest BCUT2D eigenvalue weighted by Crippen LogP contribution is 2.41. The molecule has 0 bridgehead atoms. The summed E-state index contributed by atoms with van der Waals surface area (Å²) in [5.74, 6) is 0.196. The molecule has 154 valence electrons. The van der Waals surface area contributed by atoms with Gasteiger partial charge in [-0.15, -0.1) is 0 Å². The predicted molar refractivity (Wildman–Crippen MR) is 124 cm³/mol. The first-order valence-electron chi connectivity index (χ1n) is 9.95. The maximum Gasteiger partial charge on any atom is 0.296 e. The molecular formula is C25H19BrN2O3. The zero-order valence-corrected chi connectivity index (χ0v) is 18.9. The van der Waals surface area contributed by atoms with Crippen LogP contribution in [0.4, 0.5) is 5.82 Å². The minimum Gasteiger partial charge on any atom is -0.450 e. The molecule has 1 amide bonds. The van der Waals surface area contributed by atoms with E-state index in [9.17, 15) is 9.59 Å². The topological polar surface area (TPSA) is 63.4 Å². The van der Waals surface area contributed by atoms with Crippen LogP contribution in [0, 0.1) is 20.8 Å². The van der Waals surface area contributed by atoms with Gasteiger partial charge in [-0.05, 0) is 79.4 Å². The normalized spacial score (nSPS) is 15.5. The molecule has 0 saturated heterocycles. The highest BCUT2D eigenvalue weighted by atomic mass is 79.9. The van der Waals surface area contributed by atoms with Crippen LogP contribution in [-0.4, -0.2) is 10.9 Å². The van der Waals surface area contributed by atoms with E-state index >= 15 is 0 Å². The van der Waals surface area contributed by atoms with E-state index < -0.39 is 6.04 Å². The number of nitrogens with zero attached hydrogens (tertiary/aromatic N) is 2. The van der Waals surface area contributed by atoms with Gasteiger partial charge in [0.25, 0.3) is 5.91 Å².